The average molecular weight is 238 g/mol. The van der Waals surface area contributed by atoms with Crippen LogP contribution in [-0.2, 0) is 12.5 Å². The van der Waals surface area contributed by atoms with Gasteiger partial charge in [0.1, 0.15) is 5.82 Å². The molecule has 1 aromatic carbocycles. The van der Waals surface area contributed by atoms with Gasteiger partial charge in [-0.2, -0.15) is 0 Å². The molecule has 0 aliphatic rings. The molecule has 0 unspecified atom stereocenters. The summed E-state index contributed by atoms with van der Waals surface area (Å²) in [5.41, 5.74) is 7.66. The van der Waals surface area contributed by atoms with Crippen molar-refractivity contribution in [1.82, 2.24) is 9.55 Å². The summed E-state index contributed by atoms with van der Waals surface area (Å²) in [7, 11) is 2.00. The molecule has 4 heteroatoms. The van der Waals surface area contributed by atoms with Gasteiger partial charge < -0.3 is 10.3 Å². The van der Waals surface area contributed by atoms with E-state index < -0.39 is 0 Å². The number of rotatable bonds is 2. The van der Waals surface area contributed by atoms with Crippen molar-refractivity contribution in [1.29, 1.82) is 0 Å². The minimum Gasteiger partial charge on any atom is -0.331 e. The van der Waals surface area contributed by atoms with Crippen LogP contribution in [-0.4, -0.2) is 16.1 Å². The number of halogens is 1. The minimum atomic E-state index is -0.125. The van der Waals surface area contributed by atoms with Gasteiger partial charge in [0.05, 0.1) is 11.0 Å². The van der Waals surface area contributed by atoms with E-state index in [0.717, 1.165) is 21.9 Å². The summed E-state index contributed by atoms with van der Waals surface area (Å²) in [6, 6.07) is 5.73. The lowest BCUT2D eigenvalue weighted by Crippen LogP contribution is -2.31. The van der Waals surface area contributed by atoms with Crippen molar-refractivity contribution < 1.29 is 0 Å². The van der Waals surface area contributed by atoms with Gasteiger partial charge in [0, 0.05) is 24.0 Å². The predicted molar refractivity (Wildman–Crippen MR) is 67.8 cm³/mol. The molecule has 1 aromatic heterocycles. The predicted octanol–water partition coefficient (Wildman–Crippen LogP) is 2.46. The van der Waals surface area contributed by atoms with E-state index in [9.17, 15) is 0 Å². The van der Waals surface area contributed by atoms with Crippen LogP contribution in [0.15, 0.2) is 18.2 Å². The minimum absolute atomic E-state index is 0.125. The van der Waals surface area contributed by atoms with Crippen molar-refractivity contribution in [2.75, 3.05) is 6.54 Å². The Morgan fingerprint density at radius 2 is 2.12 bits per heavy atom. The second kappa shape index (κ2) is 3.75. The molecule has 0 aliphatic carbocycles. The molecule has 0 radical (unpaired) electrons. The van der Waals surface area contributed by atoms with Gasteiger partial charge in [0.15, 0.2) is 0 Å². The van der Waals surface area contributed by atoms with Gasteiger partial charge in [-0.25, -0.2) is 4.98 Å². The molecular weight excluding hydrogens is 222 g/mol. The van der Waals surface area contributed by atoms with Crippen molar-refractivity contribution in [3.8, 4) is 0 Å². The maximum Gasteiger partial charge on any atom is 0.116 e. The second-order valence-electron chi connectivity index (χ2n) is 4.72. The van der Waals surface area contributed by atoms with Crippen LogP contribution in [0, 0.1) is 0 Å². The molecule has 0 atom stereocenters. The third kappa shape index (κ3) is 1.70. The van der Waals surface area contributed by atoms with Crippen LogP contribution in [0.5, 0.6) is 0 Å². The number of aryl methyl sites for hydroxylation is 1. The Balaban J connectivity index is 2.70. The van der Waals surface area contributed by atoms with Crippen molar-refractivity contribution >= 4 is 22.6 Å². The first-order valence-electron chi connectivity index (χ1n) is 5.28. The molecule has 3 nitrogen and oxygen atoms in total. The van der Waals surface area contributed by atoms with Crippen LogP contribution in [0.1, 0.15) is 19.7 Å². The molecule has 16 heavy (non-hydrogen) atoms. The maximum absolute atomic E-state index is 5.98. The van der Waals surface area contributed by atoms with Crippen LogP contribution >= 0.6 is 11.6 Å². The molecule has 86 valence electrons. The molecule has 2 N–H and O–H groups in total. The normalized spacial score (nSPS) is 12.3. The topological polar surface area (TPSA) is 43.8 Å². The Hall–Kier alpha value is -1.06. The third-order valence-electron chi connectivity index (χ3n) is 2.96. The number of hydrogen-bond acceptors (Lipinski definition) is 2. The molecule has 2 aromatic rings. The summed E-state index contributed by atoms with van der Waals surface area (Å²) in [6.07, 6.45) is 0. The highest BCUT2D eigenvalue weighted by Gasteiger charge is 2.24. The fourth-order valence-electron chi connectivity index (χ4n) is 1.86. The SMILES string of the molecule is Cn1c(C(C)(C)CN)nc2ccc(Cl)cc21. The number of imidazole rings is 1. The smallest absolute Gasteiger partial charge is 0.116 e. The summed E-state index contributed by atoms with van der Waals surface area (Å²) in [4.78, 5) is 4.62. The molecule has 0 aliphatic heterocycles. The van der Waals surface area contributed by atoms with Gasteiger partial charge in [-0.15, -0.1) is 0 Å². The number of nitrogens with two attached hydrogens (primary N) is 1. The van der Waals surface area contributed by atoms with Crippen molar-refractivity contribution in [3.63, 3.8) is 0 Å². The standard InChI is InChI=1S/C12H16ClN3/c1-12(2,7-14)11-15-9-5-4-8(13)6-10(9)16(11)3/h4-6H,7,14H2,1-3H3. The molecule has 0 fully saturated rings. The van der Waals surface area contributed by atoms with E-state index in [4.69, 9.17) is 17.3 Å². The fraction of sp³-hybridized carbons (Fsp3) is 0.417. The zero-order valence-corrected chi connectivity index (χ0v) is 10.5. The first kappa shape index (κ1) is 11.4. The average Bonchev–Trinajstić information content (AvgIpc) is 2.57. The largest absolute Gasteiger partial charge is 0.331 e. The quantitative estimate of drug-likeness (QED) is 0.872. The summed E-state index contributed by atoms with van der Waals surface area (Å²) in [5, 5.41) is 0.729. The first-order chi connectivity index (χ1) is 7.45. The monoisotopic (exact) mass is 237 g/mol. The van der Waals surface area contributed by atoms with Crippen LogP contribution < -0.4 is 5.73 Å². The van der Waals surface area contributed by atoms with E-state index in [1.165, 1.54) is 0 Å². The second-order valence-corrected chi connectivity index (χ2v) is 5.15. The van der Waals surface area contributed by atoms with E-state index in [-0.39, 0.29) is 5.41 Å². The molecule has 0 saturated carbocycles. The van der Waals surface area contributed by atoms with Crippen LogP contribution in [0.3, 0.4) is 0 Å². The Bertz CT molecular complexity index is 528. The van der Waals surface area contributed by atoms with Crippen molar-refractivity contribution in [3.05, 3.63) is 29.0 Å². The molecular formula is C12H16ClN3. The zero-order chi connectivity index (χ0) is 11.9. The lowest BCUT2D eigenvalue weighted by Gasteiger charge is -2.21. The number of hydrogen-bond donors (Lipinski definition) is 1. The number of aromatic nitrogens is 2. The van der Waals surface area contributed by atoms with E-state index in [1.54, 1.807) is 0 Å². The van der Waals surface area contributed by atoms with E-state index in [1.807, 2.05) is 25.2 Å². The zero-order valence-electron chi connectivity index (χ0n) is 9.79. The van der Waals surface area contributed by atoms with Crippen LogP contribution in [0.2, 0.25) is 5.02 Å². The summed E-state index contributed by atoms with van der Waals surface area (Å²) >= 11 is 5.98. The van der Waals surface area contributed by atoms with Crippen molar-refractivity contribution in [2.45, 2.75) is 19.3 Å². The van der Waals surface area contributed by atoms with E-state index in [2.05, 4.69) is 23.4 Å². The highest BCUT2D eigenvalue weighted by molar-refractivity contribution is 6.31. The van der Waals surface area contributed by atoms with Gasteiger partial charge in [-0.3, -0.25) is 0 Å². The van der Waals surface area contributed by atoms with Crippen molar-refractivity contribution in [2.24, 2.45) is 12.8 Å². The Morgan fingerprint density at radius 3 is 2.75 bits per heavy atom. The summed E-state index contributed by atoms with van der Waals surface area (Å²) in [6.45, 7) is 4.75. The summed E-state index contributed by atoms with van der Waals surface area (Å²) < 4.78 is 2.06. The molecule has 1 heterocycles. The van der Waals surface area contributed by atoms with Crippen LogP contribution in [0.25, 0.3) is 11.0 Å². The van der Waals surface area contributed by atoms with Gasteiger partial charge in [0.25, 0.3) is 0 Å². The number of nitrogens with zero attached hydrogens (tertiary/aromatic N) is 2. The third-order valence-corrected chi connectivity index (χ3v) is 3.19. The fourth-order valence-corrected chi connectivity index (χ4v) is 2.03. The van der Waals surface area contributed by atoms with Gasteiger partial charge >= 0.3 is 0 Å². The summed E-state index contributed by atoms with van der Waals surface area (Å²) in [5.74, 6) is 0.993. The highest BCUT2D eigenvalue weighted by Crippen LogP contribution is 2.26. The van der Waals surface area contributed by atoms with E-state index in [0.29, 0.717) is 6.54 Å². The lowest BCUT2D eigenvalue weighted by atomic mass is 9.93. The molecule has 0 amide bonds. The first-order valence-corrected chi connectivity index (χ1v) is 5.66. The van der Waals surface area contributed by atoms with Crippen LogP contribution in [0.4, 0.5) is 0 Å². The van der Waals surface area contributed by atoms with E-state index >= 15 is 0 Å². The molecule has 0 saturated heterocycles. The van der Waals surface area contributed by atoms with Gasteiger partial charge in [-0.05, 0) is 18.2 Å². The molecule has 0 spiro atoms. The Labute approximate surface area is 100 Å². The number of benzene rings is 1. The highest BCUT2D eigenvalue weighted by atomic mass is 35.5. The Morgan fingerprint density at radius 1 is 1.44 bits per heavy atom. The lowest BCUT2D eigenvalue weighted by molar-refractivity contribution is 0.487. The molecule has 2 rings (SSSR count). The maximum atomic E-state index is 5.98. The number of fused-ring (bicyclic) bond motifs is 1. The molecule has 0 bridgehead atoms. The Kier molecular flexibility index (Phi) is 2.68. The van der Waals surface area contributed by atoms with Gasteiger partial charge in [0.2, 0.25) is 0 Å². The van der Waals surface area contributed by atoms with Gasteiger partial charge in [-0.1, -0.05) is 25.4 Å².